The van der Waals surface area contributed by atoms with Crippen molar-refractivity contribution in [2.24, 2.45) is 0 Å². The molecule has 0 aliphatic heterocycles. The Morgan fingerprint density at radius 3 is 3.06 bits per heavy atom. The van der Waals surface area contributed by atoms with Gasteiger partial charge in [0, 0.05) is 13.2 Å². The van der Waals surface area contributed by atoms with Crippen molar-refractivity contribution < 1.29 is 9.47 Å². The summed E-state index contributed by atoms with van der Waals surface area (Å²) >= 11 is 0. The Labute approximate surface area is 96.8 Å². The van der Waals surface area contributed by atoms with Crippen LogP contribution in [0.2, 0.25) is 0 Å². The Hall–Kier alpha value is -1.06. The predicted octanol–water partition coefficient (Wildman–Crippen LogP) is 2.27. The second-order valence-corrected chi connectivity index (χ2v) is 4.14. The molecule has 0 bridgehead atoms. The summed E-state index contributed by atoms with van der Waals surface area (Å²) in [6.07, 6.45) is 3.62. The minimum absolute atomic E-state index is 0.314. The van der Waals surface area contributed by atoms with E-state index in [-0.39, 0.29) is 0 Å². The van der Waals surface area contributed by atoms with Gasteiger partial charge in [-0.3, -0.25) is 0 Å². The molecule has 0 aromatic heterocycles. The van der Waals surface area contributed by atoms with Crippen LogP contribution >= 0.6 is 0 Å². The lowest BCUT2D eigenvalue weighted by atomic mass is 9.87. The zero-order chi connectivity index (χ0) is 11.4. The van der Waals surface area contributed by atoms with Crippen LogP contribution < -0.4 is 10.1 Å². The van der Waals surface area contributed by atoms with Crippen LogP contribution in [0.15, 0.2) is 18.2 Å². The van der Waals surface area contributed by atoms with Crippen LogP contribution in [0, 0.1) is 0 Å². The van der Waals surface area contributed by atoms with Gasteiger partial charge in [0.15, 0.2) is 6.79 Å². The molecule has 0 saturated heterocycles. The van der Waals surface area contributed by atoms with E-state index in [2.05, 4.69) is 17.4 Å². The summed E-state index contributed by atoms with van der Waals surface area (Å²) in [6.45, 7) is 0.314. The maximum absolute atomic E-state index is 5.45. The summed E-state index contributed by atoms with van der Waals surface area (Å²) in [5.41, 5.74) is 2.82. The first kappa shape index (κ1) is 11.4. The fraction of sp³-hybridized carbons (Fsp3) is 0.538. The molecule has 2 rings (SSSR count). The quantitative estimate of drug-likeness (QED) is 0.791. The molecule has 1 aromatic rings. The zero-order valence-corrected chi connectivity index (χ0v) is 9.95. The number of fused-ring (bicyclic) bond motifs is 1. The summed E-state index contributed by atoms with van der Waals surface area (Å²) in [7, 11) is 3.66. The molecule has 1 unspecified atom stereocenters. The van der Waals surface area contributed by atoms with Crippen LogP contribution in [-0.2, 0) is 11.2 Å². The Balaban J connectivity index is 2.18. The van der Waals surface area contributed by atoms with Gasteiger partial charge < -0.3 is 14.8 Å². The third-order valence-corrected chi connectivity index (χ3v) is 3.12. The van der Waals surface area contributed by atoms with E-state index < -0.39 is 0 Å². The first-order valence-corrected chi connectivity index (χ1v) is 5.77. The number of methoxy groups -OCH3 is 1. The third kappa shape index (κ3) is 2.36. The van der Waals surface area contributed by atoms with Crippen molar-refractivity contribution >= 4 is 0 Å². The van der Waals surface area contributed by atoms with E-state index in [1.165, 1.54) is 24.0 Å². The number of benzene rings is 1. The number of hydrogen-bond donors (Lipinski definition) is 1. The summed E-state index contributed by atoms with van der Waals surface area (Å²) in [5, 5.41) is 3.36. The minimum atomic E-state index is 0.314. The van der Waals surface area contributed by atoms with Crippen molar-refractivity contribution in [3.8, 4) is 5.75 Å². The fourth-order valence-electron chi connectivity index (χ4n) is 2.31. The highest BCUT2D eigenvalue weighted by atomic mass is 16.7. The van der Waals surface area contributed by atoms with E-state index in [1.807, 2.05) is 13.1 Å². The predicted molar refractivity (Wildman–Crippen MR) is 63.7 cm³/mol. The van der Waals surface area contributed by atoms with E-state index in [9.17, 15) is 0 Å². The highest BCUT2D eigenvalue weighted by molar-refractivity contribution is 5.39. The summed E-state index contributed by atoms with van der Waals surface area (Å²) in [5.74, 6) is 0.900. The molecule has 3 heteroatoms. The average molecular weight is 221 g/mol. The summed E-state index contributed by atoms with van der Waals surface area (Å²) in [4.78, 5) is 0. The minimum Gasteiger partial charge on any atom is -0.468 e. The molecular formula is C13H19NO2. The SMILES string of the molecule is CNC1CCCc2cc(OCOC)ccc21. The van der Waals surface area contributed by atoms with Gasteiger partial charge in [0.05, 0.1) is 0 Å². The van der Waals surface area contributed by atoms with Crippen LogP contribution in [0.25, 0.3) is 0 Å². The van der Waals surface area contributed by atoms with E-state index in [0.29, 0.717) is 12.8 Å². The smallest absolute Gasteiger partial charge is 0.188 e. The normalized spacial score (nSPS) is 19.2. The molecule has 3 nitrogen and oxygen atoms in total. The molecule has 0 amide bonds. The van der Waals surface area contributed by atoms with Crippen LogP contribution in [0.4, 0.5) is 0 Å². The van der Waals surface area contributed by atoms with Gasteiger partial charge in [0.1, 0.15) is 5.75 Å². The van der Waals surface area contributed by atoms with Crippen LogP contribution in [0.5, 0.6) is 5.75 Å². The number of nitrogens with one attached hydrogen (secondary N) is 1. The Morgan fingerprint density at radius 2 is 2.31 bits per heavy atom. The van der Waals surface area contributed by atoms with Gasteiger partial charge in [-0.15, -0.1) is 0 Å². The topological polar surface area (TPSA) is 30.5 Å². The molecule has 16 heavy (non-hydrogen) atoms. The highest BCUT2D eigenvalue weighted by Gasteiger charge is 2.18. The molecule has 0 saturated carbocycles. The average Bonchev–Trinajstić information content (AvgIpc) is 2.35. The molecule has 1 aliphatic carbocycles. The lowest BCUT2D eigenvalue weighted by Gasteiger charge is -2.25. The third-order valence-electron chi connectivity index (χ3n) is 3.12. The monoisotopic (exact) mass is 221 g/mol. The molecule has 0 heterocycles. The van der Waals surface area contributed by atoms with E-state index in [4.69, 9.17) is 9.47 Å². The Kier molecular flexibility index (Phi) is 3.80. The molecule has 0 fully saturated rings. The first-order valence-electron chi connectivity index (χ1n) is 5.77. The van der Waals surface area contributed by atoms with E-state index in [1.54, 1.807) is 7.11 Å². The molecular weight excluding hydrogens is 202 g/mol. The van der Waals surface area contributed by atoms with E-state index in [0.717, 1.165) is 12.2 Å². The summed E-state index contributed by atoms with van der Waals surface area (Å²) in [6, 6.07) is 6.83. The van der Waals surface area contributed by atoms with E-state index >= 15 is 0 Å². The van der Waals surface area contributed by atoms with Crippen molar-refractivity contribution in [2.75, 3.05) is 21.0 Å². The highest BCUT2D eigenvalue weighted by Crippen LogP contribution is 2.31. The number of aryl methyl sites for hydroxylation is 1. The Morgan fingerprint density at radius 1 is 1.44 bits per heavy atom. The standard InChI is InChI=1S/C13H19NO2/c1-14-13-5-3-4-10-8-11(16-9-15-2)6-7-12(10)13/h6-8,13-14H,3-5,9H2,1-2H3. The van der Waals surface area contributed by atoms with Gasteiger partial charge >= 0.3 is 0 Å². The number of rotatable bonds is 4. The first-order chi connectivity index (χ1) is 7.85. The molecule has 88 valence electrons. The van der Waals surface area contributed by atoms with Crippen molar-refractivity contribution in [1.29, 1.82) is 0 Å². The molecule has 1 aliphatic rings. The van der Waals surface area contributed by atoms with Gasteiger partial charge in [0.2, 0.25) is 0 Å². The van der Waals surface area contributed by atoms with Crippen molar-refractivity contribution in [3.63, 3.8) is 0 Å². The second-order valence-electron chi connectivity index (χ2n) is 4.14. The van der Waals surface area contributed by atoms with Crippen LogP contribution in [0.1, 0.15) is 30.0 Å². The van der Waals surface area contributed by atoms with Gasteiger partial charge in [-0.05, 0) is 49.6 Å². The summed E-state index contributed by atoms with van der Waals surface area (Å²) < 4.78 is 10.3. The van der Waals surface area contributed by atoms with Gasteiger partial charge in [-0.25, -0.2) is 0 Å². The fourth-order valence-corrected chi connectivity index (χ4v) is 2.31. The zero-order valence-electron chi connectivity index (χ0n) is 9.95. The number of hydrogen-bond acceptors (Lipinski definition) is 3. The van der Waals surface area contributed by atoms with Crippen LogP contribution in [-0.4, -0.2) is 21.0 Å². The van der Waals surface area contributed by atoms with Crippen LogP contribution in [0.3, 0.4) is 0 Å². The van der Waals surface area contributed by atoms with Gasteiger partial charge in [-0.1, -0.05) is 6.07 Å². The molecule has 0 radical (unpaired) electrons. The van der Waals surface area contributed by atoms with Crippen molar-refractivity contribution in [1.82, 2.24) is 5.32 Å². The van der Waals surface area contributed by atoms with Gasteiger partial charge in [-0.2, -0.15) is 0 Å². The molecule has 1 atom stereocenters. The maximum Gasteiger partial charge on any atom is 0.188 e. The maximum atomic E-state index is 5.45. The van der Waals surface area contributed by atoms with Gasteiger partial charge in [0.25, 0.3) is 0 Å². The lowest BCUT2D eigenvalue weighted by Crippen LogP contribution is -2.21. The molecule has 0 spiro atoms. The lowest BCUT2D eigenvalue weighted by molar-refractivity contribution is 0.0510. The Bertz CT molecular complexity index is 352. The molecule has 1 aromatic carbocycles. The molecule has 1 N–H and O–H groups in total. The van der Waals surface area contributed by atoms with Crippen molar-refractivity contribution in [3.05, 3.63) is 29.3 Å². The largest absolute Gasteiger partial charge is 0.468 e. The number of ether oxygens (including phenoxy) is 2. The second kappa shape index (κ2) is 5.32. The van der Waals surface area contributed by atoms with Crippen molar-refractivity contribution in [2.45, 2.75) is 25.3 Å².